The van der Waals surface area contributed by atoms with Crippen molar-refractivity contribution in [1.82, 2.24) is 0 Å². The van der Waals surface area contributed by atoms with E-state index >= 15 is 0 Å². The molecule has 0 atom stereocenters. The van der Waals surface area contributed by atoms with Crippen molar-refractivity contribution in [2.45, 2.75) is 33.6 Å². The summed E-state index contributed by atoms with van der Waals surface area (Å²) in [5.41, 5.74) is 5.02. The predicted octanol–water partition coefficient (Wildman–Crippen LogP) is 4.53. The minimum atomic E-state index is -2.07. The Morgan fingerprint density at radius 2 is 1.68 bits per heavy atom. The molecule has 0 radical (unpaired) electrons. The van der Waals surface area contributed by atoms with E-state index in [0.29, 0.717) is 11.5 Å². The van der Waals surface area contributed by atoms with Gasteiger partial charge in [0.15, 0.2) is 6.35 Å². The van der Waals surface area contributed by atoms with Crippen LogP contribution in [0.25, 0.3) is 0 Å². The van der Waals surface area contributed by atoms with Crippen LogP contribution in [0.15, 0.2) is 30.3 Å². The Kier molecular flexibility index (Phi) is 6.28. The summed E-state index contributed by atoms with van der Waals surface area (Å²) in [7, 11) is -0.0760. The second-order valence-corrected chi connectivity index (χ2v) is 7.51. The molecule has 2 rings (SSSR count). The molecule has 0 bridgehead atoms. The second kappa shape index (κ2) is 8.05. The molecule has 0 spiro atoms. The predicted molar refractivity (Wildman–Crippen MR) is 103 cm³/mol. The molecule has 6 heteroatoms. The topological polar surface area (TPSA) is 73.2 Å². The van der Waals surface area contributed by atoms with E-state index in [0.717, 1.165) is 28.1 Å². The SMILES string of the molecule is Cc1cc(OCP(O)O)cc(C)c1N(C)c1ccc(O)c(C(C)C)c1. The van der Waals surface area contributed by atoms with Gasteiger partial charge in [-0.2, -0.15) is 0 Å². The van der Waals surface area contributed by atoms with Crippen molar-refractivity contribution in [3.05, 3.63) is 47.0 Å². The van der Waals surface area contributed by atoms with Gasteiger partial charge >= 0.3 is 0 Å². The minimum Gasteiger partial charge on any atom is -0.508 e. The average molecular weight is 363 g/mol. The Bertz CT molecular complexity index is 723. The highest BCUT2D eigenvalue weighted by molar-refractivity contribution is 7.44. The first-order valence-electron chi connectivity index (χ1n) is 8.16. The van der Waals surface area contributed by atoms with Crippen LogP contribution in [0.2, 0.25) is 0 Å². The summed E-state index contributed by atoms with van der Waals surface area (Å²) < 4.78 is 5.41. The van der Waals surface area contributed by atoms with E-state index in [4.69, 9.17) is 14.5 Å². The molecule has 3 N–H and O–H groups in total. The lowest BCUT2D eigenvalue weighted by molar-refractivity contribution is 0.347. The van der Waals surface area contributed by atoms with Gasteiger partial charge in [-0.05, 0) is 66.8 Å². The Labute approximate surface area is 150 Å². The van der Waals surface area contributed by atoms with E-state index in [1.807, 2.05) is 45.2 Å². The fourth-order valence-corrected chi connectivity index (χ4v) is 3.27. The highest BCUT2D eigenvalue weighted by Gasteiger charge is 2.15. The van der Waals surface area contributed by atoms with Crippen molar-refractivity contribution in [3.63, 3.8) is 0 Å². The van der Waals surface area contributed by atoms with Crippen LogP contribution in [0.4, 0.5) is 11.4 Å². The highest BCUT2D eigenvalue weighted by Crippen LogP contribution is 2.37. The molecule has 0 aliphatic rings. The highest BCUT2D eigenvalue weighted by atomic mass is 31.2. The van der Waals surface area contributed by atoms with E-state index in [-0.39, 0.29) is 12.3 Å². The van der Waals surface area contributed by atoms with Crippen LogP contribution in [-0.2, 0) is 0 Å². The quantitative estimate of drug-likeness (QED) is 0.658. The third-order valence-electron chi connectivity index (χ3n) is 4.17. The van der Waals surface area contributed by atoms with E-state index in [9.17, 15) is 5.11 Å². The molecule has 25 heavy (non-hydrogen) atoms. The molecular weight excluding hydrogens is 337 g/mol. The number of anilines is 2. The molecule has 136 valence electrons. The summed E-state index contributed by atoms with van der Waals surface area (Å²) in [5, 5.41) is 10.0. The lowest BCUT2D eigenvalue weighted by atomic mass is 10.0. The molecule has 0 saturated heterocycles. The summed E-state index contributed by atoms with van der Waals surface area (Å²) in [6, 6.07) is 9.42. The molecule has 0 heterocycles. The van der Waals surface area contributed by atoms with Gasteiger partial charge in [0, 0.05) is 18.4 Å². The number of nitrogens with zero attached hydrogens (tertiary/aromatic N) is 1. The van der Waals surface area contributed by atoms with E-state index in [2.05, 4.69) is 18.7 Å². The summed E-state index contributed by atoms with van der Waals surface area (Å²) in [5.74, 6) is 1.17. The second-order valence-electron chi connectivity index (χ2n) is 6.51. The number of hydrogen-bond donors (Lipinski definition) is 3. The molecule has 5 nitrogen and oxygen atoms in total. The maximum Gasteiger partial charge on any atom is 0.205 e. The number of ether oxygens (including phenoxy) is 1. The number of hydrogen-bond acceptors (Lipinski definition) is 5. The number of benzene rings is 2. The van der Waals surface area contributed by atoms with Gasteiger partial charge in [-0.15, -0.1) is 0 Å². The van der Waals surface area contributed by atoms with Crippen molar-refractivity contribution in [2.75, 3.05) is 18.3 Å². The van der Waals surface area contributed by atoms with Gasteiger partial charge in [-0.1, -0.05) is 13.8 Å². The first-order chi connectivity index (χ1) is 11.7. The zero-order valence-electron chi connectivity index (χ0n) is 15.3. The van der Waals surface area contributed by atoms with Crippen LogP contribution < -0.4 is 9.64 Å². The maximum absolute atomic E-state index is 10.0. The van der Waals surface area contributed by atoms with Crippen LogP contribution in [0.1, 0.15) is 36.5 Å². The number of rotatable bonds is 6. The van der Waals surface area contributed by atoms with Crippen LogP contribution in [0.3, 0.4) is 0 Å². The van der Waals surface area contributed by atoms with Crippen molar-refractivity contribution in [1.29, 1.82) is 0 Å². The standard InChI is InChI=1S/C19H26NO4P/c1-12(2)17-10-15(6-7-18(17)21)20(5)19-13(3)8-16(9-14(19)4)24-11-25(22)23/h6-10,12,21-23H,11H2,1-5H3. The average Bonchev–Trinajstić information content (AvgIpc) is 2.52. The zero-order chi connectivity index (χ0) is 18.7. The third-order valence-corrected chi connectivity index (χ3v) is 4.53. The lowest BCUT2D eigenvalue weighted by Crippen LogP contribution is -2.13. The number of aromatic hydroxyl groups is 1. The molecule has 0 aliphatic carbocycles. The fraction of sp³-hybridized carbons (Fsp3) is 0.368. The number of phenolic OH excluding ortho intramolecular Hbond substituents is 1. The summed E-state index contributed by atoms with van der Waals surface area (Å²) in [4.78, 5) is 20.1. The number of aryl methyl sites for hydroxylation is 2. The molecule has 0 fully saturated rings. The Hall–Kier alpha value is -1.81. The smallest absolute Gasteiger partial charge is 0.205 e. The van der Waals surface area contributed by atoms with Gasteiger partial charge in [-0.3, -0.25) is 0 Å². The lowest BCUT2D eigenvalue weighted by Gasteiger charge is -2.25. The third kappa shape index (κ3) is 4.63. The van der Waals surface area contributed by atoms with Crippen LogP contribution in [-0.4, -0.2) is 28.3 Å². The molecule has 0 aromatic heterocycles. The van der Waals surface area contributed by atoms with Gasteiger partial charge in [-0.25, -0.2) is 0 Å². The van der Waals surface area contributed by atoms with Gasteiger partial charge in [0.25, 0.3) is 0 Å². The van der Waals surface area contributed by atoms with Crippen molar-refractivity contribution >= 4 is 19.8 Å². The van der Waals surface area contributed by atoms with Crippen molar-refractivity contribution < 1.29 is 19.6 Å². The van der Waals surface area contributed by atoms with Gasteiger partial charge in [0.1, 0.15) is 11.5 Å². The molecular formula is C19H26NO4P. The van der Waals surface area contributed by atoms with Gasteiger partial charge in [0.05, 0.1) is 0 Å². The Morgan fingerprint density at radius 1 is 1.08 bits per heavy atom. The first-order valence-corrected chi connectivity index (χ1v) is 9.60. The Balaban J connectivity index is 2.36. The largest absolute Gasteiger partial charge is 0.508 e. The number of phenols is 1. The molecule has 0 amide bonds. The zero-order valence-corrected chi connectivity index (χ0v) is 16.2. The van der Waals surface area contributed by atoms with E-state index < -0.39 is 8.38 Å². The van der Waals surface area contributed by atoms with E-state index in [1.54, 1.807) is 6.07 Å². The summed E-state index contributed by atoms with van der Waals surface area (Å²) in [6.45, 7) is 8.10. The fourth-order valence-electron chi connectivity index (χ4n) is 3.00. The van der Waals surface area contributed by atoms with Crippen LogP contribution in [0, 0.1) is 13.8 Å². The minimum absolute atomic E-state index is 0.0981. The van der Waals surface area contributed by atoms with Crippen molar-refractivity contribution in [2.24, 2.45) is 0 Å². The van der Waals surface area contributed by atoms with Crippen molar-refractivity contribution in [3.8, 4) is 11.5 Å². The molecule has 2 aromatic rings. The molecule has 0 aliphatic heterocycles. The Morgan fingerprint density at radius 3 is 2.20 bits per heavy atom. The van der Waals surface area contributed by atoms with Crippen LogP contribution in [0.5, 0.6) is 11.5 Å². The molecule has 2 aromatic carbocycles. The monoisotopic (exact) mass is 363 g/mol. The maximum atomic E-state index is 10.0. The summed E-state index contributed by atoms with van der Waals surface area (Å²) >= 11 is 0. The van der Waals surface area contributed by atoms with Gasteiger partial charge in [0.2, 0.25) is 8.38 Å². The van der Waals surface area contributed by atoms with E-state index in [1.165, 1.54) is 0 Å². The van der Waals surface area contributed by atoms with Gasteiger partial charge < -0.3 is 24.5 Å². The van der Waals surface area contributed by atoms with Crippen LogP contribution >= 0.6 is 8.38 Å². The molecule has 0 saturated carbocycles. The summed E-state index contributed by atoms with van der Waals surface area (Å²) in [6.07, 6.45) is -0.0981. The first kappa shape index (κ1) is 19.5. The molecule has 0 unspecified atom stereocenters. The normalized spacial score (nSPS) is 11.2.